The van der Waals surface area contributed by atoms with Crippen molar-refractivity contribution < 1.29 is 9.53 Å². The van der Waals surface area contributed by atoms with E-state index in [-0.39, 0.29) is 5.78 Å². The molecule has 0 aliphatic rings. The van der Waals surface area contributed by atoms with Gasteiger partial charge in [-0.25, -0.2) is 0 Å². The van der Waals surface area contributed by atoms with Gasteiger partial charge in [0.2, 0.25) is 5.78 Å². The summed E-state index contributed by atoms with van der Waals surface area (Å²) in [4.78, 5) is 13.0. The monoisotopic (exact) mass is 262 g/mol. The van der Waals surface area contributed by atoms with Crippen molar-refractivity contribution in [2.45, 2.75) is 20.3 Å². The van der Waals surface area contributed by atoms with Crippen LogP contribution in [0.2, 0.25) is 0 Å². The molecule has 4 nitrogen and oxygen atoms in total. The molecule has 0 saturated heterocycles. The average Bonchev–Trinajstić information content (AvgIpc) is 2.87. The lowest BCUT2D eigenvalue weighted by Gasteiger charge is -2.08. The standard InChI is InChI=1S/C13H14N2O2S/c1-3-10-13(18-15-14-10)12(16)9-7-5-6-8-11(9)17-4-2/h5-8H,3-4H2,1-2H3. The lowest BCUT2D eigenvalue weighted by Crippen LogP contribution is -2.06. The van der Waals surface area contributed by atoms with Crippen molar-refractivity contribution in [3.63, 3.8) is 0 Å². The molecule has 0 aliphatic heterocycles. The number of carbonyl (C=O) groups is 1. The van der Waals surface area contributed by atoms with Crippen molar-refractivity contribution in [3.05, 3.63) is 40.4 Å². The second-order valence-electron chi connectivity index (χ2n) is 3.66. The number of ether oxygens (including phenoxy) is 1. The van der Waals surface area contributed by atoms with Crippen LogP contribution >= 0.6 is 11.5 Å². The Kier molecular flexibility index (Phi) is 4.04. The van der Waals surface area contributed by atoms with Gasteiger partial charge in [-0.1, -0.05) is 23.5 Å². The van der Waals surface area contributed by atoms with Gasteiger partial charge in [-0.05, 0) is 37.0 Å². The maximum atomic E-state index is 12.4. The van der Waals surface area contributed by atoms with E-state index in [4.69, 9.17) is 4.74 Å². The van der Waals surface area contributed by atoms with Gasteiger partial charge in [0, 0.05) is 0 Å². The molecule has 0 saturated carbocycles. The van der Waals surface area contributed by atoms with Gasteiger partial charge < -0.3 is 4.74 Å². The lowest BCUT2D eigenvalue weighted by molar-refractivity contribution is 0.103. The Morgan fingerprint density at radius 1 is 1.33 bits per heavy atom. The van der Waals surface area contributed by atoms with Crippen molar-refractivity contribution in [1.82, 2.24) is 9.59 Å². The highest BCUT2D eigenvalue weighted by atomic mass is 32.1. The molecule has 1 aromatic heterocycles. The Morgan fingerprint density at radius 2 is 2.11 bits per heavy atom. The SMILES string of the molecule is CCOc1ccccc1C(=O)c1snnc1CC. The van der Waals surface area contributed by atoms with Gasteiger partial charge in [-0.2, -0.15) is 0 Å². The number of rotatable bonds is 5. The van der Waals surface area contributed by atoms with Crippen molar-refractivity contribution in [2.75, 3.05) is 6.61 Å². The zero-order chi connectivity index (χ0) is 13.0. The number of ketones is 1. The van der Waals surface area contributed by atoms with E-state index >= 15 is 0 Å². The van der Waals surface area contributed by atoms with E-state index in [1.54, 1.807) is 12.1 Å². The molecule has 1 heterocycles. The molecule has 2 aromatic rings. The molecule has 0 spiro atoms. The molecule has 2 rings (SSSR count). The van der Waals surface area contributed by atoms with Gasteiger partial charge >= 0.3 is 0 Å². The van der Waals surface area contributed by atoms with Gasteiger partial charge in [0.25, 0.3) is 0 Å². The minimum atomic E-state index is -0.0640. The Morgan fingerprint density at radius 3 is 2.83 bits per heavy atom. The predicted molar refractivity (Wildman–Crippen MR) is 70.3 cm³/mol. The minimum absolute atomic E-state index is 0.0640. The minimum Gasteiger partial charge on any atom is -0.493 e. The van der Waals surface area contributed by atoms with Crippen LogP contribution in [0.4, 0.5) is 0 Å². The molecular formula is C13H14N2O2S. The summed E-state index contributed by atoms with van der Waals surface area (Å²) in [7, 11) is 0. The van der Waals surface area contributed by atoms with Crippen LogP contribution in [-0.2, 0) is 6.42 Å². The summed E-state index contributed by atoms with van der Waals surface area (Å²) in [5, 5.41) is 3.96. The third kappa shape index (κ3) is 2.41. The molecule has 0 unspecified atom stereocenters. The highest BCUT2D eigenvalue weighted by Crippen LogP contribution is 2.24. The highest BCUT2D eigenvalue weighted by molar-refractivity contribution is 7.08. The van der Waals surface area contributed by atoms with Crippen molar-refractivity contribution in [3.8, 4) is 5.75 Å². The number of carbonyl (C=O) groups excluding carboxylic acids is 1. The maximum Gasteiger partial charge on any atom is 0.210 e. The van der Waals surface area contributed by atoms with Crippen molar-refractivity contribution >= 4 is 17.3 Å². The van der Waals surface area contributed by atoms with Crippen LogP contribution in [0, 0.1) is 0 Å². The molecule has 1 aromatic carbocycles. The summed E-state index contributed by atoms with van der Waals surface area (Å²) < 4.78 is 9.32. The molecule has 5 heteroatoms. The van der Waals surface area contributed by atoms with Crippen LogP contribution < -0.4 is 4.74 Å². The Balaban J connectivity index is 2.40. The number of hydrogen-bond donors (Lipinski definition) is 0. The first-order valence-corrected chi connectivity index (χ1v) is 6.63. The molecule has 0 atom stereocenters. The Bertz CT molecular complexity index is 551. The molecule has 0 fully saturated rings. The Hall–Kier alpha value is -1.75. The van der Waals surface area contributed by atoms with Crippen LogP contribution in [0.3, 0.4) is 0 Å². The van der Waals surface area contributed by atoms with E-state index in [1.807, 2.05) is 26.0 Å². The Labute approximate surface area is 110 Å². The van der Waals surface area contributed by atoms with E-state index in [9.17, 15) is 4.79 Å². The van der Waals surface area contributed by atoms with Gasteiger partial charge in [-0.15, -0.1) is 5.10 Å². The van der Waals surface area contributed by atoms with E-state index < -0.39 is 0 Å². The normalized spacial score (nSPS) is 10.3. The molecule has 0 N–H and O–H groups in total. The van der Waals surface area contributed by atoms with Gasteiger partial charge in [0.15, 0.2) is 0 Å². The second-order valence-corrected chi connectivity index (χ2v) is 4.41. The van der Waals surface area contributed by atoms with Crippen LogP contribution in [-0.4, -0.2) is 22.0 Å². The number of aryl methyl sites for hydroxylation is 1. The van der Waals surface area contributed by atoms with E-state index in [0.717, 1.165) is 17.2 Å². The lowest BCUT2D eigenvalue weighted by atomic mass is 10.1. The van der Waals surface area contributed by atoms with Crippen LogP contribution in [0.15, 0.2) is 24.3 Å². The summed E-state index contributed by atoms with van der Waals surface area (Å²) in [5.41, 5.74) is 1.32. The number of para-hydroxylation sites is 1. The molecule has 94 valence electrons. The van der Waals surface area contributed by atoms with Crippen LogP contribution in [0.5, 0.6) is 5.75 Å². The summed E-state index contributed by atoms with van der Waals surface area (Å²) >= 11 is 1.14. The van der Waals surface area contributed by atoms with E-state index in [2.05, 4.69) is 9.59 Å². The largest absolute Gasteiger partial charge is 0.493 e. The fourth-order valence-corrected chi connectivity index (χ4v) is 2.37. The number of hydrogen-bond acceptors (Lipinski definition) is 5. The summed E-state index contributed by atoms with van der Waals surface area (Å²) in [6.07, 6.45) is 0.703. The highest BCUT2D eigenvalue weighted by Gasteiger charge is 2.20. The van der Waals surface area contributed by atoms with Crippen molar-refractivity contribution in [2.24, 2.45) is 0 Å². The third-order valence-corrected chi connectivity index (χ3v) is 3.30. The first-order valence-electron chi connectivity index (χ1n) is 5.85. The van der Waals surface area contributed by atoms with Gasteiger partial charge in [-0.3, -0.25) is 4.79 Å². The van der Waals surface area contributed by atoms with E-state index in [0.29, 0.717) is 29.2 Å². The zero-order valence-electron chi connectivity index (χ0n) is 10.3. The average molecular weight is 262 g/mol. The molecule has 0 radical (unpaired) electrons. The van der Waals surface area contributed by atoms with Crippen LogP contribution in [0.25, 0.3) is 0 Å². The first kappa shape index (κ1) is 12.7. The fraction of sp³-hybridized carbons (Fsp3) is 0.308. The third-order valence-electron chi connectivity index (χ3n) is 2.53. The summed E-state index contributed by atoms with van der Waals surface area (Å²) in [6, 6.07) is 7.26. The summed E-state index contributed by atoms with van der Waals surface area (Å²) in [6.45, 7) is 4.39. The second kappa shape index (κ2) is 5.73. The van der Waals surface area contributed by atoms with Crippen molar-refractivity contribution in [1.29, 1.82) is 0 Å². The number of aromatic nitrogens is 2. The predicted octanol–water partition coefficient (Wildman–Crippen LogP) is 2.73. The fourth-order valence-electron chi connectivity index (χ4n) is 1.67. The molecule has 0 amide bonds. The summed E-state index contributed by atoms with van der Waals surface area (Å²) in [5.74, 6) is 0.548. The number of nitrogens with zero attached hydrogens (tertiary/aromatic N) is 2. The molecule has 18 heavy (non-hydrogen) atoms. The first-order chi connectivity index (χ1) is 8.77. The van der Waals surface area contributed by atoms with Gasteiger partial charge in [0.1, 0.15) is 10.6 Å². The topological polar surface area (TPSA) is 52.1 Å². The molecular weight excluding hydrogens is 248 g/mol. The number of benzene rings is 1. The smallest absolute Gasteiger partial charge is 0.210 e. The van der Waals surface area contributed by atoms with Crippen LogP contribution in [0.1, 0.15) is 34.8 Å². The molecule has 0 aliphatic carbocycles. The van der Waals surface area contributed by atoms with E-state index in [1.165, 1.54) is 0 Å². The maximum absolute atomic E-state index is 12.4. The zero-order valence-corrected chi connectivity index (χ0v) is 11.2. The quantitative estimate of drug-likeness (QED) is 0.777. The molecule has 0 bridgehead atoms. The van der Waals surface area contributed by atoms with Gasteiger partial charge in [0.05, 0.1) is 17.9 Å².